The van der Waals surface area contributed by atoms with E-state index in [-0.39, 0.29) is 0 Å². The van der Waals surface area contributed by atoms with E-state index in [4.69, 9.17) is 5.26 Å². The van der Waals surface area contributed by atoms with E-state index >= 15 is 0 Å². The molecule has 0 fully saturated rings. The van der Waals surface area contributed by atoms with Gasteiger partial charge in [0.05, 0.1) is 7.11 Å². The SMILES string of the molecule is COC(=O)/C=C\C(=O)OO. The van der Waals surface area contributed by atoms with Gasteiger partial charge in [0.2, 0.25) is 0 Å². The molecule has 0 heterocycles. The van der Waals surface area contributed by atoms with Crippen molar-refractivity contribution in [2.24, 2.45) is 0 Å². The van der Waals surface area contributed by atoms with Crippen LogP contribution in [0.25, 0.3) is 0 Å². The van der Waals surface area contributed by atoms with Gasteiger partial charge in [-0.25, -0.2) is 9.59 Å². The highest BCUT2D eigenvalue weighted by molar-refractivity contribution is 5.91. The van der Waals surface area contributed by atoms with Gasteiger partial charge in [0.15, 0.2) is 0 Å². The molecule has 1 N–H and O–H groups in total. The van der Waals surface area contributed by atoms with Crippen LogP contribution in [0.3, 0.4) is 0 Å². The van der Waals surface area contributed by atoms with Crippen molar-refractivity contribution in [1.82, 2.24) is 0 Å². The molecule has 5 nitrogen and oxygen atoms in total. The van der Waals surface area contributed by atoms with Crippen LogP contribution in [0, 0.1) is 0 Å². The van der Waals surface area contributed by atoms with Crippen LogP contribution in [0.5, 0.6) is 0 Å². The zero-order valence-corrected chi connectivity index (χ0v) is 5.23. The predicted molar refractivity (Wildman–Crippen MR) is 29.9 cm³/mol. The lowest BCUT2D eigenvalue weighted by Gasteiger charge is -1.87. The van der Waals surface area contributed by atoms with E-state index < -0.39 is 11.9 Å². The Balaban J connectivity index is 3.75. The topological polar surface area (TPSA) is 72.8 Å². The fourth-order valence-electron chi connectivity index (χ4n) is 0.235. The van der Waals surface area contributed by atoms with Crippen molar-refractivity contribution >= 4 is 11.9 Å². The molecule has 0 spiro atoms. The first-order valence-corrected chi connectivity index (χ1v) is 2.32. The lowest BCUT2D eigenvalue weighted by atomic mass is 10.5. The van der Waals surface area contributed by atoms with Gasteiger partial charge in [0.1, 0.15) is 0 Å². The van der Waals surface area contributed by atoms with Crippen LogP contribution in [0.4, 0.5) is 0 Å². The molecule has 0 saturated heterocycles. The third kappa shape index (κ3) is 3.62. The first-order valence-electron chi connectivity index (χ1n) is 2.32. The van der Waals surface area contributed by atoms with E-state index in [0.29, 0.717) is 0 Å². The number of rotatable bonds is 2. The molecule has 10 heavy (non-hydrogen) atoms. The smallest absolute Gasteiger partial charge is 0.365 e. The van der Waals surface area contributed by atoms with E-state index in [0.717, 1.165) is 19.3 Å². The van der Waals surface area contributed by atoms with Gasteiger partial charge < -0.3 is 4.74 Å². The normalized spacial score (nSPS) is 9.40. The average Bonchev–Trinajstić information content (AvgIpc) is 1.99. The summed E-state index contributed by atoms with van der Waals surface area (Å²) in [5.41, 5.74) is 0. The maximum absolute atomic E-state index is 10.2. The van der Waals surface area contributed by atoms with Crippen LogP contribution in [-0.2, 0) is 19.2 Å². The van der Waals surface area contributed by atoms with Gasteiger partial charge >= 0.3 is 11.9 Å². The quantitative estimate of drug-likeness (QED) is 0.251. The van der Waals surface area contributed by atoms with Gasteiger partial charge in [-0.2, -0.15) is 5.26 Å². The molecule has 0 unspecified atom stereocenters. The highest BCUT2D eigenvalue weighted by Gasteiger charge is 1.96. The average molecular weight is 146 g/mol. The number of esters is 1. The van der Waals surface area contributed by atoms with Crippen LogP contribution in [0.15, 0.2) is 12.2 Å². The Morgan fingerprint density at radius 2 is 1.80 bits per heavy atom. The molecule has 56 valence electrons. The number of ether oxygens (including phenoxy) is 1. The van der Waals surface area contributed by atoms with Crippen molar-refractivity contribution in [1.29, 1.82) is 0 Å². The number of carbonyl (C=O) groups excluding carboxylic acids is 2. The highest BCUT2D eigenvalue weighted by Crippen LogP contribution is 1.79. The maximum atomic E-state index is 10.2. The Morgan fingerprint density at radius 3 is 2.20 bits per heavy atom. The third-order valence-electron chi connectivity index (χ3n) is 0.647. The van der Waals surface area contributed by atoms with Gasteiger partial charge in [0.25, 0.3) is 0 Å². The first-order chi connectivity index (χ1) is 4.70. The minimum Gasteiger partial charge on any atom is -0.466 e. The standard InChI is InChI=1S/C5H6O5/c1-9-4(6)2-3-5(7)10-8/h2-3,8H,1H3/b3-2-. The molecule has 0 amide bonds. The summed E-state index contributed by atoms with van der Waals surface area (Å²) in [7, 11) is 1.16. The van der Waals surface area contributed by atoms with Crippen molar-refractivity contribution in [3.05, 3.63) is 12.2 Å². The second kappa shape index (κ2) is 4.51. The molecular weight excluding hydrogens is 140 g/mol. The van der Waals surface area contributed by atoms with E-state index in [1.165, 1.54) is 0 Å². The number of carbonyl (C=O) groups is 2. The van der Waals surface area contributed by atoms with Crippen LogP contribution in [-0.4, -0.2) is 24.3 Å². The predicted octanol–water partition coefficient (Wildman–Crippen LogP) is -0.268. The van der Waals surface area contributed by atoms with Crippen LogP contribution in [0.2, 0.25) is 0 Å². The number of hydrogen-bond donors (Lipinski definition) is 1. The molecule has 5 heteroatoms. The lowest BCUT2D eigenvalue weighted by molar-refractivity contribution is -0.228. The molecule has 0 atom stereocenters. The molecule has 0 rings (SSSR count). The molecule has 0 saturated carbocycles. The Kier molecular flexibility index (Phi) is 3.90. The fourth-order valence-corrected chi connectivity index (χ4v) is 0.235. The van der Waals surface area contributed by atoms with E-state index in [1.807, 2.05) is 0 Å². The monoisotopic (exact) mass is 146 g/mol. The molecule has 0 aliphatic carbocycles. The summed E-state index contributed by atoms with van der Waals surface area (Å²) in [5, 5.41) is 7.67. The van der Waals surface area contributed by atoms with E-state index in [9.17, 15) is 9.59 Å². The summed E-state index contributed by atoms with van der Waals surface area (Å²) in [5.74, 6) is -1.71. The second-order valence-electron chi connectivity index (χ2n) is 1.27. The Bertz CT molecular complexity index is 141. The first kappa shape index (κ1) is 8.64. The van der Waals surface area contributed by atoms with Crippen LogP contribution in [0.1, 0.15) is 0 Å². The highest BCUT2D eigenvalue weighted by atomic mass is 17.1. The molecule has 0 bridgehead atoms. The van der Waals surface area contributed by atoms with Crippen LogP contribution >= 0.6 is 0 Å². The largest absolute Gasteiger partial charge is 0.466 e. The van der Waals surface area contributed by atoms with Gasteiger partial charge in [-0.15, -0.1) is 0 Å². The van der Waals surface area contributed by atoms with Gasteiger partial charge in [0, 0.05) is 12.2 Å². The second-order valence-corrected chi connectivity index (χ2v) is 1.27. The van der Waals surface area contributed by atoms with Crippen molar-refractivity contribution in [2.45, 2.75) is 0 Å². The molecule has 0 aromatic heterocycles. The van der Waals surface area contributed by atoms with Gasteiger partial charge in [-0.1, -0.05) is 0 Å². The zero-order chi connectivity index (χ0) is 7.98. The zero-order valence-electron chi connectivity index (χ0n) is 5.23. The molecule has 0 aliphatic heterocycles. The molecule has 0 aromatic carbocycles. The fraction of sp³-hybridized carbons (Fsp3) is 0.200. The summed E-state index contributed by atoms with van der Waals surface area (Å²) >= 11 is 0. The lowest BCUT2D eigenvalue weighted by Crippen LogP contribution is -1.99. The minimum absolute atomic E-state index is 0.689. The third-order valence-corrected chi connectivity index (χ3v) is 0.647. The van der Waals surface area contributed by atoms with Crippen molar-refractivity contribution in [3.8, 4) is 0 Å². The number of methoxy groups -OCH3 is 1. The van der Waals surface area contributed by atoms with Gasteiger partial charge in [-0.3, -0.25) is 4.89 Å². The Labute approximate surface area is 56.8 Å². The van der Waals surface area contributed by atoms with Gasteiger partial charge in [-0.05, 0) is 0 Å². The van der Waals surface area contributed by atoms with Crippen molar-refractivity contribution < 1.29 is 24.5 Å². The Hall–Kier alpha value is -1.36. The molecule has 0 radical (unpaired) electrons. The maximum Gasteiger partial charge on any atom is 0.365 e. The minimum atomic E-state index is -1.02. The van der Waals surface area contributed by atoms with Crippen LogP contribution < -0.4 is 0 Å². The molecule has 0 aliphatic rings. The number of hydrogen-bond acceptors (Lipinski definition) is 5. The van der Waals surface area contributed by atoms with E-state index in [2.05, 4.69) is 9.62 Å². The molecule has 0 aromatic rings. The summed E-state index contributed by atoms with van der Waals surface area (Å²) in [6, 6.07) is 0. The van der Waals surface area contributed by atoms with E-state index in [1.54, 1.807) is 0 Å². The Morgan fingerprint density at radius 1 is 1.30 bits per heavy atom. The summed E-state index contributed by atoms with van der Waals surface area (Å²) < 4.78 is 4.13. The van der Waals surface area contributed by atoms with Crippen molar-refractivity contribution in [3.63, 3.8) is 0 Å². The van der Waals surface area contributed by atoms with Crippen molar-refractivity contribution in [2.75, 3.05) is 7.11 Å². The summed E-state index contributed by atoms with van der Waals surface area (Å²) in [6.45, 7) is 0. The summed E-state index contributed by atoms with van der Waals surface area (Å²) in [4.78, 5) is 23.5. The molecular formula is C5H6O5. The summed E-state index contributed by atoms with van der Waals surface area (Å²) in [6.07, 6.45) is 1.57.